The largest absolute Gasteiger partial charge is 0.515 e. The van der Waals surface area contributed by atoms with Crippen LogP contribution in [0.2, 0.25) is 0 Å². The summed E-state index contributed by atoms with van der Waals surface area (Å²) in [6.45, 7) is 2.71. The molecule has 1 heterocycles. The molecule has 0 aliphatic rings. The van der Waals surface area contributed by atoms with Crippen LogP contribution in [0, 0.1) is 0 Å². The van der Waals surface area contributed by atoms with Crippen LogP contribution in [0.5, 0.6) is 5.88 Å². The predicted octanol–water partition coefficient (Wildman–Crippen LogP) is 6.62. The Morgan fingerprint density at radius 2 is 1.42 bits per heavy atom. The fraction of sp³-hybridized carbons (Fsp3) is 0.750. The second-order valence-corrected chi connectivity index (χ2v) is 6.48. The Kier molecular flexibility index (Phi) is 13.0. The normalized spacial score (nSPS) is 10.7. The van der Waals surface area contributed by atoms with Crippen molar-refractivity contribution >= 4 is 6.16 Å². The molecule has 0 aliphatic carbocycles. The van der Waals surface area contributed by atoms with E-state index in [-0.39, 0.29) is 0 Å². The molecule has 24 heavy (non-hydrogen) atoms. The summed E-state index contributed by atoms with van der Waals surface area (Å²) in [5, 5.41) is 0. The van der Waals surface area contributed by atoms with E-state index in [9.17, 15) is 4.79 Å². The number of aromatic nitrogens is 1. The van der Waals surface area contributed by atoms with Crippen LogP contribution in [0.4, 0.5) is 4.79 Å². The van der Waals surface area contributed by atoms with Crippen molar-refractivity contribution in [1.82, 2.24) is 4.98 Å². The number of nitrogens with one attached hydrogen (secondary N) is 1. The molecular weight excluding hydrogens is 302 g/mol. The summed E-state index contributed by atoms with van der Waals surface area (Å²) in [4.78, 5) is 14.2. The quantitative estimate of drug-likeness (QED) is 0.289. The number of rotatable bonds is 15. The molecule has 0 unspecified atom stereocenters. The van der Waals surface area contributed by atoms with Crippen molar-refractivity contribution in [2.24, 2.45) is 0 Å². The third kappa shape index (κ3) is 12.0. The lowest BCUT2D eigenvalue weighted by atomic mass is 10.0. The van der Waals surface area contributed by atoms with Crippen LogP contribution in [0.3, 0.4) is 0 Å². The third-order valence-electron chi connectivity index (χ3n) is 4.23. The number of hydrogen-bond acceptors (Lipinski definition) is 3. The van der Waals surface area contributed by atoms with Gasteiger partial charge in [-0.1, -0.05) is 84.0 Å². The summed E-state index contributed by atoms with van der Waals surface area (Å²) in [6, 6.07) is 3.46. The van der Waals surface area contributed by atoms with Crippen LogP contribution < -0.4 is 4.74 Å². The highest BCUT2D eigenvalue weighted by Crippen LogP contribution is 2.12. The average molecular weight is 338 g/mol. The lowest BCUT2D eigenvalue weighted by Crippen LogP contribution is -2.11. The van der Waals surface area contributed by atoms with E-state index in [0.29, 0.717) is 12.5 Å². The molecule has 4 heteroatoms. The number of H-pyrrole nitrogens is 1. The predicted molar refractivity (Wildman–Crippen MR) is 98.5 cm³/mol. The molecule has 0 amide bonds. The van der Waals surface area contributed by atoms with Crippen LogP contribution in [0.25, 0.3) is 0 Å². The van der Waals surface area contributed by atoms with Gasteiger partial charge in [0.2, 0.25) is 5.88 Å². The van der Waals surface area contributed by atoms with Gasteiger partial charge in [0.05, 0.1) is 6.61 Å². The second-order valence-electron chi connectivity index (χ2n) is 6.48. The highest BCUT2D eigenvalue weighted by Gasteiger charge is 2.05. The fourth-order valence-electron chi connectivity index (χ4n) is 2.77. The average Bonchev–Trinajstić information content (AvgIpc) is 3.08. The molecule has 0 saturated heterocycles. The number of hydrogen-bond donors (Lipinski definition) is 1. The van der Waals surface area contributed by atoms with E-state index in [2.05, 4.69) is 11.9 Å². The van der Waals surface area contributed by atoms with Crippen molar-refractivity contribution in [2.45, 2.75) is 90.4 Å². The minimum absolute atomic E-state index is 0.422. The monoisotopic (exact) mass is 337 g/mol. The zero-order chi connectivity index (χ0) is 17.3. The summed E-state index contributed by atoms with van der Waals surface area (Å²) < 4.78 is 9.99. The van der Waals surface area contributed by atoms with Crippen LogP contribution in [-0.2, 0) is 4.74 Å². The molecule has 0 radical (unpaired) electrons. The first-order valence-electron chi connectivity index (χ1n) is 9.81. The Morgan fingerprint density at radius 3 is 1.92 bits per heavy atom. The van der Waals surface area contributed by atoms with E-state index in [1.807, 2.05) is 0 Å². The van der Waals surface area contributed by atoms with Crippen molar-refractivity contribution in [1.29, 1.82) is 0 Å². The van der Waals surface area contributed by atoms with Gasteiger partial charge in [-0.05, 0) is 12.5 Å². The van der Waals surface area contributed by atoms with Crippen LogP contribution in [0.15, 0.2) is 18.3 Å². The molecule has 138 valence electrons. The van der Waals surface area contributed by atoms with Gasteiger partial charge in [0.25, 0.3) is 0 Å². The summed E-state index contributed by atoms with van der Waals surface area (Å²) in [5.41, 5.74) is 0. The Hall–Kier alpha value is -1.45. The molecule has 1 N–H and O–H groups in total. The molecule has 0 aliphatic heterocycles. The van der Waals surface area contributed by atoms with Crippen molar-refractivity contribution in [3.05, 3.63) is 18.3 Å². The van der Waals surface area contributed by atoms with Gasteiger partial charge in [0, 0.05) is 12.3 Å². The summed E-state index contributed by atoms with van der Waals surface area (Å²) in [5.74, 6) is 0.422. The topological polar surface area (TPSA) is 51.3 Å². The van der Waals surface area contributed by atoms with Gasteiger partial charge < -0.3 is 14.5 Å². The summed E-state index contributed by atoms with van der Waals surface area (Å²) >= 11 is 0. The highest BCUT2D eigenvalue weighted by atomic mass is 16.7. The van der Waals surface area contributed by atoms with Gasteiger partial charge in [-0.15, -0.1) is 0 Å². The van der Waals surface area contributed by atoms with Crippen LogP contribution >= 0.6 is 0 Å². The van der Waals surface area contributed by atoms with Gasteiger partial charge >= 0.3 is 6.16 Å². The third-order valence-corrected chi connectivity index (χ3v) is 4.23. The molecule has 4 nitrogen and oxygen atoms in total. The molecule has 1 aromatic heterocycles. The molecule has 1 aromatic rings. The summed E-state index contributed by atoms with van der Waals surface area (Å²) in [6.07, 6.45) is 18.1. The molecule has 1 rings (SSSR count). The molecule has 0 saturated carbocycles. The van der Waals surface area contributed by atoms with Crippen molar-refractivity contribution < 1.29 is 14.3 Å². The Labute approximate surface area is 147 Å². The minimum atomic E-state index is -0.628. The number of ether oxygens (including phenoxy) is 2. The van der Waals surface area contributed by atoms with Crippen LogP contribution in [0.1, 0.15) is 90.4 Å². The van der Waals surface area contributed by atoms with Crippen molar-refractivity contribution in [3.8, 4) is 5.88 Å². The number of carbonyl (C=O) groups excluding carboxylic acids is 1. The Balaban J connectivity index is 1.75. The Bertz CT molecular complexity index is 390. The van der Waals surface area contributed by atoms with Gasteiger partial charge in [0.1, 0.15) is 0 Å². The molecular formula is C20H35NO3. The summed E-state index contributed by atoms with van der Waals surface area (Å²) in [7, 11) is 0. The van der Waals surface area contributed by atoms with E-state index in [4.69, 9.17) is 9.47 Å². The molecule has 0 spiro atoms. The van der Waals surface area contributed by atoms with Gasteiger partial charge in [-0.3, -0.25) is 0 Å². The first kappa shape index (κ1) is 20.6. The lowest BCUT2D eigenvalue weighted by molar-refractivity contribution is 0.0959. The molecule has 0 fully saturated rings. The van der Waals surface area contributed by atoms with E-state index in [0.717, 1.165) is 12.8 Å². The maximum Gasteiger partial charge on any atom is 0.515 e. The Morgan fingerprint density at radius 1 is 0.875 bits per heavy atom. The number of aromatic amines is 1. The molecule has 0 bridgehead atoms. The van der Waals surface area contributed by atoms with E-state index in [1.54, 1.807) is 18.3 Å². The van der Waals surface area contributed by atoms with E-state index >= 15 is 0 Å². The van der Waals surface area contributed by atoms with Crippen LogP contribution in [-0.4, -0.2) is 17.7 Å². The number of carbonyl (C=O) groups is 1. The lowest BCUT2D eigenvalue weighted by Gasteiger charge is -2.05. The number of unbranched alkanes of at least 4 members (excludes halogenated alkanes) is 12. The van der Waals surface area contributed by atoms with Gasteiger partial charge in [-0.25, -0.2) is 4.79 Å². The highest BCUT2D eigenvalue weighted by molar-refractivity contribution is 5.62. The minimum Gasteiger partial charge on any atom is -0.434 e. The van der Waals surface area contributed by atoms with Crippen molar-refractivity contribution in [2.75, 3.05) is 6.61 Å². The molecule has 0 atom stereocenters. The molecule has 0 aromatic carbocycles. The maximum absolute atomic E-state index is 11.4. The first-order valence-corrected chi connectivity index (χ1v) is 9.81. The second kappa shape index (κ2) is 15.1. The van der Waals surface area contributed by atoms with E-state index < -0.39 is 6.16 Å². The maximum atomic E-state index is 11.4. The smallest absolute Gasteiger partial charge is 0.434 e. The zero-order valence-electron chi connectivity index (χ0n) is 15.4. The van der Waals surface area contributed by atoms with E-state index in [1.165, 1.54) is 70.6 Å². The standard InChI is InChI=1S/C20H35NO3/c1-2-3-4-5-6-7-8-9-10-11-12-13-14-18-23-20(22)24-19-16-15-17-21-19/h15-17,21H,2-14,18H2,1H3. The zero-order valence-corrected chi connectivity index (χ0v) is 15.4. The first-order chi connectivity index (χ1) is 11.8. The van der Waals surface area contributed by atoms with Gasteiger partial charge in [-0.2, -0.15) is 0 Å². The van der Waals surface area contributed by atoms with Crippen molar-refractivity contribution in [3.63, 3.8) is 0 Å². The fourth-order valence-corrected chi connectivity index (χ4v) is 2.77. The van der Waals surface area contributed by atoms with Gasteiger partial charge in [0.15, 0.2) is 0 Å². The SMILES string of the molecule is CCCCCCCCCCCCCCCOC(=O)Oc1ccc[nH]1.